The largest absolute Gasteiger partial charge is 0.392 e. The Hall–Kier alpha value is -3.16. The zero-order valence-electron chi connectivity index (χ0n) is 24.8. The Kier molecular flexibility index (Phi) is 7.47. The highest BCUT2D eigenvalue weighted by atomic mass is 16.6. The second-order valence-electron chi connectivity index (χ2n) is 13.2. The lowest BCUT2D eigenvalue weighted by molar-refractivity contribution is -0.0713. The van der Waals surface area contributed by atoms with E-state index in [0.29, 0.717) is 24.1 Å². The van der Waals surface area contributed by atoms with Gasteiger partial charge in [0, 0.05) is 25.0 Å². The van der Waals surface area contributed by atoms with E-state index in [9.17, 15) is 15.3 Å². The van der Waals surface area contributed by atoms with Gasteiger partial charge in [0.25, 0.3) is 0 Å². The minimum Gasteiger partial charge on any atom is -0.392 e. The van der Waals surface area contributed by atoms with Gasteiger partial charge in [0.05, 0.1) is 23.5 Å². The number of H-pyrrole nitrogens is 1. The van der Waals surface area contributed by atoms with E-state index < -0.39 is 30.6 Å². The first-order valence-corrected chi connectivity index (χ1v) is 14.8. The Morgan fingerprint density at radius 3 is 2.62 bits per heavy atom. The molecule has 12 heteroatoms. The lowest BCUT2D eigenvalue weighted by atomic mass is 9.74. The number of fused-ring (bicyclic) bond motifs is 2. The third-order valence-corrected chi connectivity index (χ3v) is 9.01. The predicted molar refractivity (Wildman–Crippen MR) is 159 cm³/mol. The number of benzene rings is 1. The van der Waals surface area contributed by atoms with Crippen LogP contribution >= 0.6 is 0 Å². The summed E-state index contributed by atoms with van der Waals surface area (Å²) in [6.45, 7) is 11.2. The molecule has 4 aromatic rings. The molecule has 1 aliphatic carbocycles. The first-order valence-electron chi connectivity index (χ1n) is 14.8. The quantitative estimate of drug-likeness (QED) is 0.209. The molecule has 1 aromatic carbocycles. The van der Waals surface area contributed by atoms with Gasteiger partial charge < -0.3 is 30.8 Å². The van der Waals surface area contributed by atoms with Crippen molar-refractivity contribution in [3.8, 4) is 0 Å². The van der Waals surface area contributed by atoms with Crippen molar-refractivity contribution in [2.45, 2.75) is 102 Å². The minimum atomic E-state index is -1.16. The monoisotopic (exact) mass is 578 g/mol. The van der Waals surface area contributed by atoms with Gasteiger partial charge >= 0.3 is 0 Å². The summed E-state index contributed by atoms with van der Waals surface area (Å²) in [4.78, 5) is 22.9. The Balaban J connectivity index is 1.08. The number of anilines is 1. The number of aliphatic hydroxyl groups is 3. The lowest BCUT2D eigenvalue weighted by Gasteiger charge is -2.47. The third-order valence-electron chi connectivity index (χ3n) is 9.01. The summed E-state index contributed by atoms with van der Waals surface area (Å²) in [5.74, 6) is 1.20. The molecule has 5 unspecified atom stereocenters. The van der Waals surface area contributed by atoms with Crippen LogP contribution in [0.2, 0.25) is 0 Å². The molecule has 5 atom stereocenters. The van der Waals surface area contributed by atoms with E-state index in [0.717, 1.165) is 29.7 Å². The number of nitrogen functional groups attached to an aromatic ring is 1. The fraction of sp³-hybridized carbons (Fsp3) is 0.600. The van der Waals surface area contributed by atoms with Crippen LogP contribution in [0.5, 0.6) is 0 Å². The van der Waals surface area contributed by atoms with Gasteiger partial charge in [0.15, 0.2) is 17.7 Å². The number of rotatable bonds is 8. The zero-order chi connectivity index (χ0) is 29.9. The van der Waals surface area contributed by atoms with Crippen LogP contribution in [0.1, 0.15) is 65.1 Å². The van der Waals surface area contributed by atoms with Gasteiger partial charge in [0.2, 0.25) is 0 Å². The Labute approximate surface area is 245 Å². The average Bonchev–Trinajstić information content (AvgIpc) is 3.58. The Morgan fingerprint density at radius 1 is 1.14 bits per heavy atom. The number of ether oxygens (including phenoxy) is 1. The average molecular weight is 579 g/mol. The molecule has 6 rings (SSSR count). The SMILES string of the molecule is CC(C)N(CC1OC(n2cnc3c(N)ncnc32)C(O)C1O)C1CC(C(O)Cc2nc3ccc(C(C)(C)C)cc3[nH]2)C1. The zero-order valence-corrected chi connectivity index (χ0v) is 24.8. The molecule has 12 nitrogen and oxygen atoms in total. The summed E-state index contributed by atoms with van der Waals surface area (Å²) < 4.78 is 7.80. The third kappa shape index (κ3) is 5.26. The molecule has 1 aliphatic heterocycles. The van der Waals surface area contributed by atoms with Gasteiger partial charge in [0.1, 0.15) is 36.0 Å². The van der Waals surface area contributed by atoms with E-state index in [1.165, 1.54) is 18.2 Å². The molecule has 3 aromatic heterocycles. The van der Waals surface area contributed by atoms with Crippen LogP contribution in [0, 0.1) is 5.92 Å². The van der Waals surface area contributed by atoms with Crippen molar-refractivity contribution in [2.75, 3.05) is 12.3 Å². The molecule has 42 heavy (non-hydrogen) atoms. The lowest BCUT2D eigenvalue weighted by Crippen LogP contribution is -2.54. The number of hydrogen-bond acceptors (Lipinski definition) is 10. The predicted octanol–water partition coefficient (Wildman–Crippen LogP) is 2.29. The number of nitrogens with one attached hydrogen (secondary N) is 1. The number of aromatic nitrogens is 6. The second-order valence-corrected chi connectivity index (χ2v) is 13.2. The maximum atomic E-state index is 11.1. The number of imidazole rings is 2. The van der Waals surface area contributed by atoms with Crippen LogP contribution in [-0.2, 0) is 16.6 Å². The van der Waals surface area contributed by atoms with Gasteiger partial charge in [-0.3, -0.25) is 9.47 Å². The molecule has 0 bridgehead atoms. The first-order chi connectivity index (χ1) is 19.9. The number of nitrogens with zero attached hydrogens (tertiary/aromatic N) is 6. The summed E-state index contributed by atoms with van der Waals surface area (Å²) in [6, 6.07) is 6.74. The van der Waals surface area contributed by atoms with Crippen molar-refractivity contribution in [3.05, 3.63) is 42.2 Å². The van der Waals surface area contributed by atoms with E-state index >= 15 is 0 Å². The number of aromatic amines is 1. The van der Waals surface area contributed by atoms with E-state index in [2.05, 4.69) is 71.6 Å². The summed E-state index contributed by atoms with van der Waals surface area (Å²) in [5, 5.41) is 32.9. The van der Waals surface area contributed by atoms with Crippen LogP contribution < -0.4 is 5.73 Å². The van der Waals surface area contributed by atoms with Crippen LogP contribution in [0.15, 0.2) is 30.9 Å². The van der Waals surface area contributed by atoms with Gasteiger partial charge in [-0.25, -0.2) is 19.9 Å². The molecule has 1 saturated heterocycles. The maximum absolute atomic E-state index is 11.1. The van der Waals surface area contributed by atoms with E-state index in [1.807, 2.05) is 6.07 Å². The first kappa shape index (κ1) is 28.9. The molecule has 6 N–H and O–H groups in total. The minimum absolute atomic E-state index is 0.0537. The van der Waals surface area contributed by atoms with Gasteiger partial charge in [-0.05, 0) is 55.7 Å². The van der Waals surface area contributed by atoms with E-state index in [4.69, 9.17) is 15.5 Å². The molecule has 2 aliphatic rings. The highest BCUT2D eigenvalue weighted by Gasteiger charge is 2.47. The van der Waals surface area contributed by atoms with Crippen LogP contribution in [-0.4, -0.2) is 92.8 Å². The molecule has 0 spiro atoms. The Morgan fingerprint density at radius 2 is 1.90 bits per heavy atom. The number of nitrogens with two attached hydrogens (primary N) is 1. The van der Waals surface area contributed by atoms with Gasteiger partial charge in [-0.1, -0.05) is 26.8 Å². The summed E-state index contributed by atoms with van der Waals surface area (Å²) in [5.41, 5.74) is 9.99. The van der Waals surface area contributed by atoms with Crippen LogP contribution in [0.4, 0.5) is 5.82 Å². The topological polar surface area (TPSA) is 171 Å². The van der Waals surface area contributed by atoms with Gasteiger partial charge in [-0.2, -0.15) is 0 Å². The number of hydrogen-bond donors (Lipinski definition) is 5. The molecular weight excluding hydrogens is 536 g/mol. The summed E-state index contributed by atoms with van der Waals surface area (Å²) in [7, 11) is 0. The van der Waals surface area contributed by atoms with Gasteiger partial charge in [-0.15, -0.1) is 0 Å². The molecule has 0 radical (unpaired) electrons. The molecule has 2 fully saturated rings. The summed E-state index contributed by atoms with van der Waals surface area (Å²) >= 11 is 0. The van der Waals surface area contributed by atoms with Crippen molar-refractivity contribution in [1.29, 1.82) is 0 Å². The van der Waals surface area contributed by atoms with Crippen LogP contribution in [0.25, 0.3) is 22.2 Å². The number of aliphatic hydroxyl groups excluding tert-OH is 3. The van der Waals surface area contributed by atoms with Crippen LogP contribution in [0.3, 0.4) is 0 Å². The highest BCUT2D eigenvalue weighted by molar-refractivity contribution is 5.81. The Bertz CT molecular complexity index is 1560. The van der Waals surface area contributed by atoms with E-state index in [1.54, 1.807) is 4.57 Å². The molecule has 4 heterocycles. The van der Waals surface area contributed by atoms with Crippen molar-refractivity contribution in [1.82, 2.24) is 34.4 Å². The molecule has 1 saturated carbocycles. The standard InChI is InChI=1S/C30H42N8O4/c1-15(2)37(12-22-25(40)26(41)29(42-22)38-14-34-24-27(31)32-13-33-28(24)38)18-8-16(9-18)21(39)11-23-35-19-7-6-17(30(3,4)5)10-20(19)36-23/h6-7,10,13-16,18,21-22,25-26,29,39-41H,8-9,11-12H2,1-5H3,(H,35,36)(H2,31,32,33). The normalized spacial score (nSPS) is 27.4. The van der Waals surface area contributed by atoms with Crippen molar-refractivity contribution in [2.24, 2.45) is 5.92 Å². The molecule has 226 valence electrons. The molecule has 0 amide bonds. The van der Waals surface area contributed by atoms with Crippen molar-refractivity contribution in [3.63, 3.8) is 0 Å². The van der Waals surface area contributed by atoms with E-state index in [-0.39, 0.29) is 29.2 Å². The second kappa shape index (κ2) is 10.8. The van der Waals surface area contributed by atoms with Crippen molar-refractivity contribution < 1.29 is 20.1 Å². The highest BCUT2D eigenvalue weighted by Crippen LogP contribution is 2.39. The maximum Gasteiger partial charge on any atom is 0.167 e. The van der Waals surface area contributed by atoms with Crippen molar-refractivity contribution >= 4 is 28.0 Å². The molecular formula is C30H42N8O4. The fourth-order valence-electron chi connectivity index (χ4n) is 6.36. The summed E-state index contributed by atoms with van der Waals surface area (Å²) in [6.07, 6.45) is 0.796. The smallest absolute Gasteiger partial charge is 0.167 e. The fourth-order valence-corrected chi connectivity index (χ4v) is 6.36.